The standard InChI is InChI=1S/C9H12ClN3/c1-7-2-3-13(6-7)9-5-11-4-8(10)12-9/h4-5,7H,2-3,6H2,1H3. The normalized spacial score (nSPS) is 22.3. The molecule has 0 aromatic carbocycles. The third-order valence-electron chi connectivity index (χ3n) is 2.34. The molecule has 0 radical (unpaired) electrons. The predicted octanol–water partition coefficient (Wildman–Crippen LogP) is 1.98. The first kappa shape index (κ1) is 8.75. The van der Waals surface area contributed by atoms with Crippen LogP contribution in [0.2, 0.25) is 5.15 Å². The van der Waals surface area contributed by atoms with E-state index >= 15 is 0 Å². The van der Waals surface area contributed by atoms with Crippen molar-refractivity contribution < 1.29 is 0 Å². The van der Waals surface area contributed by atoms with Crippen LogP contribution in [0.3, 0.4) is 0 Å². The molecule has 0 aliphatic carbocycles. The van der Waals surface area contributed by atoms with Crippen molar-refractivity contribution in [3.8, 4) is 0 Å². The van der Waals surface area contributed by atoms with Crippen molar-refractivity contribution in [2.75, 3.05) is 18.0 Å². The summed E-state index contributed by atoms with van der Waals surface area (Å²) in [5.41, 5.74) is 0. The number of aromatic nitrogens is 2. The molecule has 2 heterocycles. The van der Waals surface area contributed by atoms with Crippen molar-refractivity contribution in [3.05, 3.63) is 17.5 Å². The molecule has 1 unspecified atom stereocenters. The van der Waals surface area contributed by atoms with Gasteiger partial charge in [0.05, 0.1) is 12.4 Å². The van der Waals surface area contributed by atoms with Crippen LogP contribution in [0.4, 0.5) is 5.82 Å². The first-order chi connectivity index (χ1) is 6.25. The third kappa shape index (κ3) is 1.91. The summed E-state index contributed by atoms with van der Waals surface area (Å²) in [7, 11) is 0. The molecule has 2 rings (SSSR count). The fourth-order valence-electron chi connectivity index (χ4n) is 1.63. The molecule has 1 fully saturated rings. The van der Waals surface area contributed by atoms with E-state index < -0.39 is 0 Å². The molecule has 1 aliphatic heterocycles. The minimum Gasteiger partial charge on any atom is -0.355 e. The summed E-state index contributed by atoms with van der Waals surface area (Å²) in [5.74, 6) is 1.65. The van der Waals surface area contributed by atoms with E-state index in [1.807, 2.05) is 0 Å². The Labute approximate surface area is 82.8 Å². The van der Waals surface area contributed by atoms with Crippen LogP contribution in [0, 0.1) is 5.92 Å². The Morgan fingerprint density at radius 1 is 1.54 bits per heavy atom. The second kappa shape index (κ2) is 3.50. The van der Waals surface area contributed by atoms with Gasteiger partial charge in [-0.3, -0.25) is 4.98 Å². The lowest BCUT2D eigenvalue weighted by Gasteiger charge is -2.15. The van der Waals surface area contributed by atoms with Crippen LogP contribution in [0.1, 0.15) is 13.3 Å². The first-order valence-electron chi connectivity index (χ1n) is 4.48. The van der Waals surface area contributed by atoms with Crippen LogP contribution in [0.15, 0.2) is 12.4 Å². The Morgan fingerprint density at radius 2 is 2.38 bits per heavy atom. The summed E-state index contributed by atoms with van der Waals surface area (Å²) in [4.78, 5) is 10.5. The average Bonchev–Trinajstić information content (AvgIpc) is 2.52. The van der Waals surface area contributed by atoms with Crippen LogP contribution in [0.25, 0.3) is 0 Å². The van der Waals surface area contributed by atoms with Crippen molar-refractivity contribution in [3.63, 3.8) is 0 Å². The largest absolute Gasteiger partial charge is 0.355 e. The number of rotatable bonds is 1. The van der Waals surface area contributed by atoms with Gasteiger partial charge in [-0.2, -0.15) is 0 Å². The molecule has 0 N–H and O–H groups in total. The zero-order chi connectivity index (χ0) is 9.26. The molecule has 4 heteroatoms. The Hall–Kier alpha value is -0.830. The highest BCUT2D eigenvalue weighted by Crippen LogP contribution is 2.21. The lowest BCUT2D eigenvalue weighted by molar-refractivity contribution is 0.659. The van der Waals surface area contributed by atoms with E-state index in [-0.39, 0.29) is 0 Å². The lowest BCUT2D eigenvalue weighted by Crippen LogP contribution is -2.20. The van der Waals surface area contributed by atoms with Gasteiger partial charge < -0.3 is 4.90 Å². The molecular weight excluding hydrogens is 186 g/mol. The number of hydrogen-bond acceptors (Lipinski definition) is 3. The second-order valence-electron chi connectivity index (χ2n) is 3.54. The number of hydrogen-bond donors (Lipinski definition) is 0. The van der Waals surface area contributed by atoms with Crippen molar-refractivity contribution in [1.82, 2.24) is 9.97 Å². The molecule has 1 aromatic heterocycles. The van der Waals surface area contributed by atoms with Crippen LogP contribution in [-0.4, -0.2) is 23.1 Å². The number of nitrogens with zero attached hydrogens (tertiary/aromatic N) is 3. The monoisotopic (exact) mass is 197 g/mol. The first-order valence-corrected chi connectivity index (χ1v) is 4.86. The smallest absolute Gasteiger partial charge is 0.149 e. The minimum absolute atomic E-state index is 0.469. The van der Waals surface area contributed by atoms with Gasteiger partial charge in [-0.25, -0.2) is 4.98 Å². The van der Waals surface area contributed by atoms with Gasteiger partial charge in [0.2, 0.25) is 0 Å². The molecule has 3 nitrogen and oxygen atoms in total. The zero-order valence-electron chi connectivity index (χ0n) is 7.57. The van der Waals surface area contributed by atoms with Crippen LogP contribution in [-0.2, 0) is 0 Å². The van der Waals surface area contributed by atoms with Gasteiger partial charge in [-0.05, 0) is 12.3 Å². The highest BCUT2D eigenvalue weighted by Gasteiger charge is 2.19. The molecule has 1 saturated heterocycles. The van der Waals surface area contributed by atoms with Gasteiger partial charge in [0.15, 0.2) is 0 Å². The molecule has 0 spiro atoms. The maximum atomic E-state index is 5.76. The molecule has 1 atom stereocenters. The molecule has 1 aliphatic rings. The molecule has 0 bridgehead atoms. The van der Waals surface area contributed by atoms with E-state index in [9.17, 15) is 0 Å². The van der Waals surface area contributed by atoms with Gasteiger partial charge >= 0.3 is 0 Å². The minimum atomic E-state index is 0.469. The molecule has 0 amide bonds. The van der Waals surface area contributed by atoms with Gasteiger partial charge in [-0.1, -0.05) is 18.5 Å². The Bertz CT molecular complexity index is 303. The zero-order valence-corrected chi connectivity index (χ0v) is 8.33. The summed E-state index contributed by atoms with van der Waals surface area (Å²) in [6.07, 6.45) is 4.56. The highest BCUT2D eigenvalue weighted by molar-refractivity contribution is 6.29. The van der Waals surface area contributed by atoms with Gasteiger partial charge in [0.25, 0.3) is 0 Å². The van der Waals surface area contributed by atoms with Crippen LogP contribution < -0.4 is 4.90 Å². The summed E-state index contributed by atoms with van der Waals surface area (Å²) in [6.45, 7) is 4.38. The van der Waals surface area contributed by atoms with Crippen molar-refractivity contribution in [2.45, 2.75) is 13.3 Å². The van der Waals surface area contributed by atoms with Crippen molar-refractivity contribution in [1.29, 1.82) is 0 Å². The highest BCUT2D eigenvalue weighted by atomic mass is 35.5. The van der Waals surface area contributed by atoms with Crippen molar-refractivity contribution >= 4 is 17.4 Å². The average molecular weight is 198 g/mol. The fourth-order valence-corrected chi connectivity index (χ4v) is 1.77. The summed E-state index contributed by atoms with van der Waals surface area (Å²) < 4.78 is 0. The van der Waals surface area contributed by atoms with Crippen LogP contribution >= 0.6 is 11.6 Å². The fraction of sp³-hybridized carbons (Fsp3) is 0.556. The maximum Gasteiger partial charge on any atom is 0.149 e. The van der Waals surface area contributed by atoms with E-state index in [2.05, 4.69) is 21.8 Å². The third-order valence-corrected chi connectivity index (χ3v) is 2.52. The maximum absolute atomic E-state index is 5.76. The number of anilines is 1. The molecule has 1 aromatic rings. The van der Waals surface area contributed by atoms with Gasteiger partial charge in [0, 0.05) is 13.1 Å². The van der Waals surface area contributed by atoms with Crippen molar-refractivity contribution in [2.24, 2.45) is 5.92 Å². The SMILES string of the molecule is CC1CCN(c2cncc(Cl)n2)C1. The molecule has 0 saturated carbocycles. The van der Waals surface area contributed by atoms with E-state index in [1.165, 1.54) is 6.42 Å². The summed E-state index contributed by atoms with van der Waals surface area (Å²) >= 11 is 5.76. The topological polar surface area (TPSA) is 29.0 Å². The summed E-state index contributed by atoms with van der Waals surface area (Å²) in [5, 5.41) is 0.469. The molecule has 70 valence electrons. The Morgan fingerprint density at radius 3 is 3.00 bits per heavy atom. The second-order valence-corrected chi connectivity index (χ2v) is 3.93. The van der Waals surface area contributed by atoms with E-state index in [0.717, 1.165) is 24.8 Å². The predicted molar refractivity (Wildman–Crippen MR) is 53.0 cm³/mol. The van der Waals surface area contributed by atoms with E-state index in [4.69, 9.17) is 11.6 Å². The number of halogens is 1. The Balaban J connectivity index is 2.16. The lowest BCUT2D eigenvalue weighted by atomic mass is 10.2. The Kier molecular flexibility index (Phi) is 2.36. The van der Waals surface area contributed by atoms with Crippen LogP contribution in [0.5, 0.6) is 0 Å². The molecule has 13 heavy (non-hydrogen) atoms. The van der Waals surface area contributed by atoms with Gasteiger partial charge in [-0.15, -0.1) is 0 Å². The van der Waals surface area contributed by atoms with E-state index in [0.29, 0.717) is 5.15 Å². The summed E-state index contributed by atoms with van der Waals surface area (Å²) in [6, 6.07) is 0. The van der Waals surface area contributed by atoms with E-state index in [1.54, 1.807) is 12.4 Å². The van der Waals surface area contributed by atoms with Gasteiger partial charge in [0.1, 0.15) is 11.0 Å². The molecular formula is C9H12ClN3. The quantitative estimate of drug-likeness (QED) is 0.690.